The molecule has 19 heavy (non-hydrogen) atoms. The summed E-state index contributed by atoms with van der Waals surface area (Å²) in [5, 5.41) is 13.4. The Morgan fingerprint density at radius 1 is 1.37 bits per heavy atom. The molecule has 1 rings (SSSR count). The van der Waals surface area contributed by atoms with E-state index in [4.69, 9.17) is 21.9 Å². The molecule has 0 amide bonds. The molecule has 0 saturated carbocycles. The second-order valence-electron chi connectivity index (χ2n) is 3.99. The Hall–Kier alpha value is -1.01. The van der Waals surface area contributed by atoms with Crippen LogP contribution in [0.3, 0.4) is 0 Å². The van der Waals surface area contributed by atoms with E-state index in [0.717, 1.165) is 5.56 Å². The second-order valence-corrected chi connectivity index (χ2v) is 4.25. The highest BCUT2D eigenvalue weighted by molar-refractivity contribution is 6.18. The van der Waals surface area contributed by atoms with Crippen LogP contribution < -0.4 is 11.3 Å². The molecule has 0 heterocycles. The van der Waals surface area contributed by atoms with Gasteiger partial charge in [-0.25, -0.2) is 0 Å². The number of rotatable bonds is 8. The lowest BCUT2D eigenvalue weighted by Gasteiger charge is -2.21. The normalized spacial score (nSPS) is 13.1. The number of nitrogens with two attached hydrogens (primary N) is 2. The third-order valence-corrected chi connectivity index (χ3v) is 2.96. The Bertz CT molecular complexity index is 338. The highest BCUT2D eigenvalue weighted by Gasteiger charge is 2.26. The van der Waals surface area contributed by atoms with Crippen molar-refractivity contribution in [1.29, 1.82) is 0 Å². The summed E-state index contributed by atoms with van der Waals surface area (Å²) in [6.07, 6.45) is 0.421. The Labute approximate surface area is 119 Å². The second kappa shape index (κ2) is 10.9. The smallest absolute Gasteiger partial charge is 0.131 e. The first-order valence-corrected chi connectivity index (χ1v) is 6.58. The molecule has 0 spiro atoms. The molecule has 0 aliphatic carbocycles. The number of benzene rings is 1. The third-order valence-electron chi connectivity index (χ3n) is 2.46. The van der Waals surface area contributed by atoms with E-state index < -0.39 is 5.60 Å². The first-order valence-electron chi connectivity index (χ1n) is 6.04. The van der Waals surface area contributed by atoms with E-state index in [1.165, 1.54) is 7.05 Å². The van der Waals surface area contributed by atoms with E-state index >= 15 is 0 Å². The van der Waals surface area contributed by atoms with E-state index in [2.05, 4.69) is 10.8 Å². The Morgan fingerprint density at radius 2 is 2.00 bits per heavy atom. The minimum atomic E-state index is -1.06. The van der Waals surface area contributed by atoms with Gasteiger partial charge in [-0.2, -0.15) is 5.53 Å². The minimum Gasteiger partial charge on any atom is -0.386 e. The Balaban J connectivity index is 0.00000154. The molecule has 0 saturated heterocycles. The summed E-state index contributed by atoms with van der Waals surface area (Å²) in [7, 11) is 1.50. The van der Waals surface area contributed by atoms with Crippen LogP contribution >= 0.6 is 11.6 Å². The van der Waals surface area contributed by atoms with E-state index in [9.17, 15) is 5.11 Å². The predicted molar refractivity (Wildman–Crippen MR) is 75.7 cm³/mol. The molecule has 1 atom stereocenters. The lowest BCUT2D eigenvalue weighted by molar-refractivity contribution is -0.228. The Kier molecular flexibility index (Phi) is 10.3. The highest BCUT2D eigenvalue weighted by Crippen LogP contribution is 2.13. The van der Waals surface area contributed by atoms with E-state index in [1.54, 1.807) is 0 Å². The van der Waals surface area contributed by atoms with Crippen molar-refractivity contribution in [3.63, 3.8) is 0 Å². The summed E-state index contributed by atoms with van der Waals surface area (Å²) >= 11 is 5.66. The monoisotopic (exact) mass is 288 g/mol. The van der Waals surface area contributed by atoms with Gasteiger partial charge in [0.1, 0.15) is 12.1 Å². The van der Waals surface area contributed by atoms with Crippen molar-refractivity contribution >= 4 is 11.6 Å². The van der Waals surface area contributed by atoms with Gasteiger partial charge >= 0.3 is 0 Å². The van der Waals surface area contributed by atoms with Gasteiger partial charge in [0.15, 0.2) is 0 Å². The van der Waals surface area contributed by atoms with Gasteiger partial charge in [0.2, 0.25) is 0 Å². The zero-order chi connectivity index (χ0) is 14.6. The molecule has 6 heteroatoms. The van der Waals surface area contributed by atoms with Crippen LogP contribution in [0, 0.1) is 0 Å². The summed E-state index contributed by atoms with van der Waals surface area (Å²) in [5.41, 5.74) is 9.59. The molecule has 0 aromatic heterocycles. The molecule has 5 N–H and O–H groups in total. The van der Waals surface area contributed by atoms with Crippen LogP contribution in [0.15, 0.2) is 35.4 Å². The molecule has 1 unspecified atom stereocenters. The molecule has 108 valence electrons. The first-order chi connectivity index (χ1) is 9.20. The third kappa shape index (κ3) is 7.89. The zero-order valence-corrected chi connectivity index (χ0v) is 12.0. The summed E-state index contributed by atoms with van der Waals surface area (Å²) in [5.74, 6) is 0.0996. The quantitative estimate of drug-likeness (QED) is 0.366. The summed E-state index contributed by atoms with van der Waals surface area (Å²) in [4.78, 5) is 0. The topological polar surface area (TPSA) is 93.4 Å². The number of halogens is 1. The standard InChI is InChI=1S/C12H17ClN2O2.CH5N/c13-9-12(16,10-15-14)6-7-17-8-11-4-2-1-3-5-11;1-2/h1-5,14,16H,6-10H2;2H2,1H3/p+1. The molecule has 1 aromatic rings. The minimum absolute atomic E-state index is 0.0996. The maximum Gasteiger partial charge on any atom is 0.131 e. The first kappa shape index (κ1) is 18.0. The maximum atomic E-state index is 9.93. The number of ether oxygens (including phenoxy) is 1. The fourth-order valence-electron chi connectivity index (χ4n) is 1.38. The average Bonchev–Trinajstić information content (AvgIpc) is 2.47. The highest BCUT2D eigenvalue weighted by atomic mass is 35.5. The van der Waals surface area contributed by atoms with Gasteiger partial charge in [-0.15, -0.1) is 11.6 Å². The van der Waals surface area contributed by atoms with Gasteiger partial charge in [0.25, 0.3) is 0 Å². The summed E-state index contributed by atoms with van der Waals surface area (Å²) in [6.45, 7) is 1.08. The fraction of sp³-hybridized carbons (Fsp3) is 0.538. The van der Waals surface area contributed by atoms with Crippen LogP contribution in [-0.4, -0.2) is 36.8 Å². The lowest BCUT2D eigenvalue weighted by atomic mass is 10.0. The van der Waals surface area contributed by atoms with Gasteiger partial charge in [-0.1, -0.05) is 30.3 Å². The Morgan fingerprint density at radius 3 is 2.53 bits per heavy atom. The molecule has 0 radical (unpaired) electrons. The van der Waals surface area contributed by atoms with Crippen LogP contribution in [-0.2, 0) is 11.3 Å². The maximum absolute atomic E-state index is 9.93. The van der Waals surface area contributed by atoms with Crippen LogP contribution in [0.25, 0.3) is 0 Å². The van der Waals surface area contributed by atoms with Crippen molar-refractivity contribution in [3.05, 3.63) is 35.9 Å². The van der Waals surface area contributed by atoms with E-state index in [-0.39, 0.29) is 12.4 Å². The zero-order valence-electron chi connectivity index (χ0n) is 11.3. The van der Waals surface area contributed by atoms with Gasteiger partial charge in [-0.3, -0.25) is 0 Å². The van der Waals surface area contributed by atoms with Crippen LogP contribution in [0.5, 0.6) is 0 Å². The van der Waals surface area contributed by atoms with E-state index in [0.29, 0.717) is 19.6 Å². The molecule has 0 aliphatic rings. The van der Waals surface area contributed by atoms with Crippen molar-refractivity contribution in [2.75, 3.05) is 26.1 Å². The SMILES string of the molecule is CN.[NH2+]=NCC(O)(CCl)CCOCc1ccccc1. The largest absolute Gasteiger partial charge is 0.386 e. The van der Waals surface area contributed by atoms with Gasteiger partial charge in [0, 0.05) is 13.0 Å². The molecular formula is C13H23ClN3O2+. The van der Waals surface area contributed by atoms with Gasteiger partial charge in [-0.05, 0) is 17.7 Å². The summed E-state index contributed by atoms with van der Waals surface area (Å²) in [6, 6.07) is 9.85. The van der Waals surface area contributed by atoms with Crippen molar-refractivity contribution in [1.82, 2.24) is 0 Å². The number of nitrogens with zero attached hydrogens (tertiary/aromatic N) is 1. The number of hydrogen-bond acceptors (Lipinski definition) is 4. The lowest BCUT2D eigenvalue weighted by Crippen LogP contribution is -2.40. The molecule has 0 aliphatic heterocycles. The molecule has 1 aromatic carbocycles. The van der Waals surface area contributed by atoms with Crippen molar-refractivity contribution in [2.24, 2.45) is 10.8 Å². The molecule has 0 fully saturated rings. The average molecular weight is 289 g/mol. The number of aliphatic hydroxyl groups is 1. The molecular weight excluding hydrogens is 266 g/mol. The van der Waals surface area contributed by atoms with Crippen molar-refractivity contribution in [2.45, 2.75) is 18.6 Å². The molecule has 0 bridgehead atoms. The van der Waals surface area contributed by atoms with Crippen LogP contribution in [0.4, 0.5) is 0 Å². The number of alkyl halides is 1. The molecule has 5 nitrogen and oxygen atoms in total. The van der Waals surface area contributed by atoms with Gasteiger partial charge < -0.3 is 15.6 Å². The number of hydrogen-bond donors (Lipinski definition) is 3. The van der Waals surface area contributed by atoms with Crippen molar-refractivity contribution in [3.8, 4) is 0 Å². The summed E-state index contributed by atoms with van der Waals surface area (Å²) < 4.78 is 5.46. The van der Waals surface area contributed by atoms with Gasteiger partial charge in [0.05, 0.1) is 12.5 Å². The van der Waals surface area contributed by atoms with Crippen LogP contribution in [0.2, 0.25) is 0 Å². The fourth-order valence-corrected chi connectivity index (χ4v) is 1.60. The van der Waals surface area contributed by atoms with Crippen LogP contribution in [0.1, 0.15) is 12.0 Å². The van der Waals surface area contributed by atoms with E-state index in [1.807, 2.05) is 30.3 Å². The predicted octanol–water partition coefficient (Wildman–Crippen LogP) is 0.349. The van der Waals surface area contributed by atoms with Crippen molar-refractivity contribution < 1.29 is 15.4 Å².